The van der Waals surface area contributed by atoms with Crippen molar-refractivity contribution < 1.29 is 14.3 Å². The Bertz CT molecular complexity index is 874. The molecule has 3 rings (SSSR count). The highest BCUT2D eigenvalue weighted by Gasteiger charge is 2.27. The van der Waals surface area contributed by atoms with Crippen LogP contribution in [0.2, 0.25) is 0 Å². The van der Waals surface area contributed by atoms with Crippen molar-refractivity contribution >= 4 is 16.8 Å². The van der Waals surface area contributed by atoms with Crippen LogP contribution in [0.1, 0.15) is 29.6 Å². The first kappa shape index (κ1) is 16.3. The molecule has 0 saturated heterocycles. The van der Waals surface area contributed by atoms with Crippen molar-refractivity contribution in [2.45, 2.75) is 32.8 Å². The van der Waals surface area contributed by atoms with Gasteiger partial charge >= 0.3 is 0 Å². The van der Waals surface area contributed by atoms with Crippen LogP contribution in [0.15, 0.2) is 40.9 Å². The highest BCUT2D eigenvalue weighted by molar-refractivity contribution is 5.89. The van der Waals surface area contributed by atoms with Crippen molar-refractivity contribution in [3.8, 4) is 0 Å². The first-order valence-electron chi connectivity index (χ1n) is 7.98. The fourth-order valence-electron chi connectivity index (χ4n) is 2.76. The van der Waals surface area contributed by atoms with E-state index in [1.807, 2.05) is 32.2 Å². The van der Waals surface area contributed by atoms with Crippen molar-refractivity contribution in [2.24, 2.45) is 0 Å². The zero-order valence-electron chi connectivity index (χ0n) is 14.1. The lowest BCUT2D eigenvalue weighted by atomic mass is 10.0. The highest BCUT2D eigenvalue weighted by Crippen LogP contribution is 2.22. The summed E-state index contributed by atoms with van der Waals surface area (Å²) in [7, 11) is 0. The SMILES string of the molecule is Cc1ccc2c(CC(=O)NCC(C)(O)c3ccc(C)o3)c[nH]c2c1. The molecule has 126 valence electrons. The summed E-state index contributed by atoms with van der Waals surface area (Å²) in [6.45, 7) is 5.57. The molecule has 3 aromatic rings. The third kappa shape index (κ3) is 3.36. The van der Waals surface area contributed by atoms with Crippen LogP contribution in [0, 0.1) is 13.8 Å². The van der Waals surface area contributed by atoms with E-state index in [4.69, 9.17) is 4.42 Å². The zero-order chi connectivity index (χ0) is 17.3. The second-order valence-corrected chi connectivity index (χ2v) is 6.50. The fraction of sp³-hybridized carbons (Fsp3) is 0.316. The Morgan fingerprint density at radius 1 is 1.29 bits per heavy atom. The first-order valence-corrected chi connectivity index (χ1v) is 7.98. The minimum atomic E-state index is -1.23. The van der Waals surface area contributed by atoms with Gasteiger partial charge in [0.15, 0.2) is 0 Å². The van der Waals surface area contributed by atoms with Crippen LogP contribution < -0.4 is 5.32 Å². The molecule has 1 atom stereocenters. The second kappa shape index (κ2) is 6.17. The topological polar surface area (TPSA) is 78.3 Å². The zero-order valence-corrected chi connectivity index (χ0v) is 14.1. The molecule has 2 heterocycles. The molecule has 0 fully saturated rings. The largest absolute Gasteiger partial charge is 0.463 e. The monoisotopic (exact) mass is 326 g/mol. The van der Waals surface area contributed by atoms with E-state index in [0.717, 1.165) is 22.2 Å². The lowest BCUT2D eigenvalue weighted by Crippen LogP contribution is -2.39. The molecule has 0 aliphatic carbocycles. The Hall–Kier alpha value is -2.53. The molecule has 3 N–H and O–H groups in total. The number of hydrogen-bond acceptors (Lipinski definition) is 3. The fourth-order valence-corrected chi connectivity index (χ4v) is 2.76. The minimum Gasteiger partial charge on any atom is -0.463 e. The Balaban J connectivity index is 1.65. The number of furan rings is 1. The molecule has 1 amide bonds. The van der Waals surface area contributed by atoms with Crippen LogP contribution in [-0.2, 0) is 16.8 Å². The van der Waals surface area contributed by atoms with Crippen LogP contribution in [-0.4, -0.2) is 22.5 Å². The van der Waals surface area contributed by atoms with E-state index in [1.54, 1.807) is 19.1 Å². The molecular formula is C19H22N2O3. The van der Waals surface area contributed by atoms with Crippen molar-refractivity contribution in [2.75, 3.05) is 6.54 Å². The summed E-state index contributed by atoms with van der Waals surface area (Å²) >= 11 is 0. The molecule has 0 aliphatic rings. The van der Waals surface area contributed by atoms with E-state index in [0.29, 0.717) is 5.76 Å². The molecule has 24 heavy (non-hydrogen) atoms. The third-order valence-corrected chi connectivity index (χ3v) is 4.17. The van der Waals surface area contributed by atoms with E-state index in [2.05, 4.69) is 16.4 Å². The smallest absolute Gasteiger partial charge is 0.224 e. The maximum Gasteiger partial charge on any atom is 0.224 e. The van der Waals surface area contributed by atoms with Crippen LogP contribution in [0.5, 0.6) is 0 Å². The predicted molar refractivity (Wildman–Crippen MR) is 92.8 cm³/mol. The minimum absolute atomic E-state index is 0.0975. The average Bonchev–Trinajstić information content (AvgIpc) is 3.12. The van der Waals surface area contributed by atoms with E-state index < -0.39 is 5.60 Å². The average molecular weight is 326 g/mol. The first-order chi connectivity index (χ1) is 11.3. The van der Waals surface area contributed by atoms with Gasteiger partial charge in [0.2, 0.25) is 5.91 Å². The summed E-state index contributed by atoms with van der Waals surface area (Å²) in [5.74, 6) is 1.04. The summed E-state index contributed by atoms with van der Waals surface area (Å²) in [6.07, 6.45) is 2.12. The standard InChI is InChI=1S/C19H22N2O3/c1-12-4-6-15-14(10-20-16(15)8-12)9-18(22)21-11-19(3,23)17-7-5-13(2)24-17/h4-8,10,20,23H,9,11H2,1-3H3,(H,21,22). The number of amides is 1. The van der Waals surface area contributed by atoms with Gasteiger partial charge in [0, 0.05) is 17.1 Å². The quantitative estimate of drug-likeness (QED) is 0.674. The van der Waals surface area contributed by atoms with Crippen molar-refractivity contribution in [3.05, 3.63) is 59.2 Å². The lowest BCUT2D eigenvalue weighted by Gasteiger charge is -2.21. The van der Waals surface area contributed by atoms with Crippen LogP contribution in [0.4, 0.5) is 0 Å². The molecule has 1 aromatic carbocycles. The van der Waals surface area contributed by atoms with Crippen molar-refractivity contribution in [1.82, 2.24) is 10.3 Å². The second-order valence-electron chi connectivity index (χ2n) is 6.50. The van der Waals surface area contributed by atoms with Gasteiger partial charge in [0.25, 0.3) is 0 Å². The summed E-state index contributed by atoms with van der Waals surface area (Å²) in [5, 5.41) is 14.3. The van der Waals surface area contributed by atoms with E-state index in [1.165, 1.54) is 5.56 Å². The molecule has 0 saturated carbocycles. The Kier molecular flexibility index (Phi) is 4.20. The number of carbonyl (C=O) groups excluding carboxylic acids is 1. The number of carbonyl (C=O) groups is 1. The van der Waals surface area contributed by atoms with Gasteiger partial charge < -0.3 is 19.8 Å². The molecule has 0 radical (unpaired) electrons. The molecule has 0 aliphatic heterocycles. The summed E-state index contributed by atoms with van der Waals surface area (Å²) in [6, 6.07) is 9.62. The van der Waals surface area contributed by atoms with Gasteiger partial charge in [-0.2, -0.15) is 0 Å². The number of aromatic nitrogens is 1. The molecule has 5 nitrogen and oxygen atoms in total. The third-order valence-electron chi connectivity index (χ3n) is 4.17. The van der Waals surface area contributed by atoms with Gasteiger partial charge in [-0.15, -0.1) is 0 Å². The number of fused-ring (bicyclic) bond motifs is 1. The number of hydrogen-bond donors (Lipinski definition) is 3. The maximum atomic E-state index is 12.2. The predicted octanol–water partition coefficient (Wildman–Crippen LogP) is 2.94. The summed E-state index contributed by atoms with van der Waals surface area (Å²) < 4.78 is 5.45. The van der Waals surface area contributed by atoms with Crippen molar-refractivity contribution in [1.29, 1.82) is 0 Å². The number of aromatic amines is 1. The Morgan fingerprint density at radius 2 is 2.08 bits per heavy atom. The van der Waals surface area contributed by atoms with Gasteiger partial charge in [-0.25, -0.2) is 0 Å². The van der Waals surface area contributed by atoms with Crippen LogP contribution >= 0.6 is 0 Å². The molecule has 0 spiro atoms. The van der Waals surface area contributed by atoms with Gasteiger partial charge in [-0.3, -0.25) is 4.79 Å². The number of aliphatic hydroxyl groups is 1. The molecule has 2 aromatic heterocycles. The molecular weight excluding hydrogens is 304 g/mol. The highest BCUT2D eigenvalue weighted by atomic mass is 16.4. The maximum absolute atomic E-state index is 12.2. The molecule has 1 unspecified atom stereocenters. The number of aryl methyl sites for hydroxylation is 2. The molecule has 5 heteroatoms. The summed E-state index contributed by atoms with van der Waals surface area (Å²) in [5.41, 5.74) is 1.90. The van der Waals surface area contributed by atoms with E-state index in [-0.39, 0.29) is 18.9 Å². The van der Waals surface area contributed by atoms with Gasteiger partial charge in [0.1, 0.15) is 17.1 Å². The van der Waals surface area contributed by atoms with Gasteiger partial charge in [-0.1, -0.05) is 12.1 Å². The van der Waals surface area contributed by atoms with Crippen LogP contribution in [0.3, 0.4) is 0 Å². The van der Waals surface area contributed by atoms with Gasteiger partial charge in [-0.05, 0) is 50.1 Å². The van der Waals surface area contributed by atoms with E-state index >= 15 is 0 Å². The number of rotatable bonds is 5. The summed E-state index contributed by atoms with van der Waals surface area (Å²) in [4.78, 5) is 15.4. The molecule has 0 bridgehead atoms. The van der Waals surface area contributed by atoms with E-state index in [9.17, 15) is 9.90 Å². The Morgan fingerprint density at radius 3 is 2.79 bits per heavy atom. The van der Waals surface area contributed by atoms with Crippen molar-refractivity contribution in [3.63, 3.8) is 0 Å². The van der Waals surface area contributed by atoms with Crippen LogP contribution in [0.25, 0.3) is 10.9 Å². The number of H-pyrrole nitrogens is 1. The van der Waals surface area contributed by atoms with Gasteiger partial charge in [0.05, 0.1) is 13.0 Å². The lowest BCUT2D eigenvalue weighted by molar-refractivity contribution is -0.121. The number of nitrogens with one attached hydrogen (secondary N) is 2. The number of benzene rings is 1. The normalized spacial score (nSPS) is 13.8. The Labute approximate surface area is 140 Å².